The first-order chi connectivity index (χ1) is 12.4. The number of rotatable bonds is 7. The second-order valence-corrected chi connectivity index (χ2v) is 7.32. The summed E-state index contributed by atoms with van der Waals surface area (Å²) in [6.07, 6.45) is 0. The monoisotopic (exact) mass is 372 g/mol. The summed E-state index contributed by atoms with van der Waals surface area (Å²) < 4.78 is 5.15. The molecule has 26 heavy (non-hydrogen) atoms. The molecule has 0 aliphatic heterocycles. The molecule has 0 aromatic heterocycles. The van der Waals surface area contributed by atoms with Crippen molar-refractivity contribution < 1.29 is 14.3 Å². The molecule has 1 atom stereocenters. The zero-order valence-corrected chi connectivity index (χ0v) is 16.3. The van der Waals surface area contributed by atoms with Crippen LogP contribution in [0.4, 0.5) is 0 Å². The fraction of sp³-hybridized carbons (Fsp3) is 0.300. The van der Waals surface area contributed by atoms with Gasteiger partial charge in [0.15, 0.2) is 0 Å². The molecule has 2 aromatic rings. The Bertz CT molecular complexity index is 745. The molecule has 5 nitrogen and oxygen atoms in total. The molecule has 138 valence electrons. The van der Waals surface area contributed by atoms with Crippen molar-refractivity contribution in [2.45, 2.75) is 23.6 Å². The van der Waals surface area contributed by atoms with Crippen LogP contribution >= 0.6 is 11.8 Å². The molecular weight excluding hydrogens is 348 g/mol. The first-order valence-electron chi connectivity index (χ1n) is 8.31. The maximum absolute atomic E-state index is 12.6. The van der Waals surface area contributed by atoms with Crippen molar-refractivity contribution in [2.75, 3.05) is 21.2 Å². The predicted molar refractivity (Wildman–Crippen MR) is 105 cm³/mol. The van der Waals surface area contributed by atoms with Gasteiger partial charge in [-0.05, 0) is 48.9 Å². The number of carbonyl (C=O) groups is 2. The second kappa shape index (κ2) is 9.29. The lowest BCUT2D eigenvalue weighted by atomic mass is 10.1. The van der Waals surface area contributed by atoms with Gasteiger partial charge in [0.05, 0.1) is 12.4 Å². The van der Waals surface area contributed by atoms with Gasteiger partial charge in [0.2, 0.25) is 5.91 Å². The summed E-state index contributed by atoms with van der Waals surface area (Å²) in [6, 6.07) is 14.9. The van der Waals surface area contributed by atoms with Gasteiger partial charge in [-0.15, -0.1) is 11.8 Å². The van der Waals surface area contributed by atoms with Crippen molar-refractivity contribution in [1.29, 1.82) is 0 Å². The van der Waals surface area contributed by atoms with Gasteiger partial charge in [-0.2, -0.15) is 0 Å². The van der Waals surface area contributed by atoms with Crippen molar-refractivity contribution in [3.05, 3.63) is 59.7 Å². The summed E-state index contributed by atoms with van der Waals surface area (Å²) >= 11 is 1.52. The minimum absolute atomic E-state index is 0.0567. The molecule has 0 aliphatic carbocycles. The number of hydrogen-bond donors (Lipinski definition) is 1. The standard InChI is InChI=1S/C20H24N2O3S/c1-14(26-18-11-9-17(25-4)10-12-18)20(24)22(3)13-15-5-7-16(8-6-15)19(23)21-2/h5-12,14H,13H2,1-4H3,(H,21,23)/t14-/m0/s1. The minimum Gasteiger partial charge on any atom is -0.497 e. The van der Waals surface area contributed by atoms with E-state index in [1.54, 1.807) is 38.2 Å². The third-order valence-electron chi connectivity index (χ3n) is 3.96. The number of ether oxygens (including phenoxy) is 1. The Morgan fingerprint density at radius 1 is 1.12 bits per heavy atom. The van der Waals surface area contributed by atoms with E-state index in [-0.39, 0.29) is 17.1 Å². The maximum Gasteiger partial charge on any atom is 0.251 e. The Kier molecular flexibility index (Phi) is 7.09. The lowest BCUT2D eigenvalue weighted by molar-refractivity contribution is -0.129. The van der Waals surface area contributed by atoms with E-state index >= 15 is 0 Å². The van der Waals surface area contributed by atoms with Crippen LogP contribution in [0.15, 0.2) is 53.4 Å². The van der Waals surface area contributed by atoms with E-state index < -0.39 is 0 Å². The Labute approximate surface area is 158 Å². The van der Waals surface area contributed by atoms with E-state index in [1.807, 2.05) is 43.3 Å². The first kappa shape index (κ1) is 19.8. The number of thioether (sulfide) groups is 1. The molecule has 0 bridgehead atoms. The topological polar surface area (TPSA) is 58.6 Å². The summed E-state index contributed by atoms with van der Waals surface area (Å²) in [5, 5.41) is 2.40. The molecule has 2 aromatic carbocycles. The van der Waals surface area contributed by atoms with E-state index in [2.05, 4.69) is 5.32 Å². The van der Waals surface area contributed by atoms with Crippen LogP contribution in [-0.4, -0.2) is 43.2 Å². The molecular formula is C20H24N2O3S. The van der Waals surface area contributed by atoms with Gasteiger partial charge in [-0.1, -0.05) is 12.1 Å². The Morgan fingerprint density at radius 2 is 1.73 bits per heavy atom. The van der Waals surface area contributed by atoms with Gasteiger partial charge in [0, 0.05) is 31.1 Å². The van der Waals surface area contributed by atoms with E-state index in [0.29, 0.717) is 12.1 Å². The number of benzene rings is 2. The van der Waals surface area contributed by atoms with Crippen LogP contribution in [0.1, 0.15) is 22.8 Å². The van der Waals surface area contributed by atoms with E-state index in [4.69, 9.17) is 4.74 Å². The molecule has 6 heteroatoms. The summed E-state index contributed by atoms with van der Waals surface area (Å²) in [5.74, 6) is 0.734. The van der Waals surface area contributed by atoms with Gasteiger partial charge in [0.1, 0.15) is 5.75 Å². The highest BCUT2D eigenvalue weighted by molar-refractivity contribution is 8.00. The molecule has 0 saturated heterocycles. The number of amides is 2. The fourth-order valence-electron chi connectivity index (χ4n) is 2.48. The summed E-state index contributed by atoms with van der Waals surface area (Å²) in [4.78, 5) is 26.9. The molecule has 0 saturated carbocycles. The predicted octanol–water partition coefficient (Wildman–Crippen LogP) is 3.19. The zero-order chi connectivity index (χ0) is 19.1. The van der Waals surface area contributed by atoms with Crippen LogP contribution in [0.3, 0.4) is 0 Å². The molecule has 2 rings (SSSR count). The SMILES string of the molecule is CNC(=O)c1ccc(CN(C)C(=O)[C@H](C)Sc2ccc(OC)cc2)cc1. The molecule has 0 heterocycles. The third-order valence-corrected chi connectivity index (χ3v) is 5.06. The number of carbonyl (C=O) groups excluding carboxylic acids is 2. The summed E-state index contributed by atoms with van der Waals surface area (Å²) in [5.41, 5.74) is 1.59. The van der Waals surface area contributed by atoms with Crippen molar-refractivity contribution in [3.8, 4) is 5.75 Å². The molecule has 0 unspecified atom stereocenters. The maximum atomic E-state index is 12.6. The van der Waals surface area contributed by atoms with Crippen LogP contribution in [0.5, 0.6) is 5.75 Å². The Balaban J connectivity index is 1.93. The summed E-state index contributed by atoms with van der Waals surface area (Å²) in [7, 11) is 5.02. The molecule has 0 radical (unpaired) electrons. The van der Waals surface area contributed by atoms with Gasteiger partial charge in [-0.25, -0.2) is 0 Å². The van der Waals surface area contributed by atoms with Gasteiger partial charge < -0.3 is 15.0 Å². The van der Waals surface area contributed by atoms with Crippen LogP contribution in [0.2, 0.25) is 0 Å². The smallest absolute Gasteiger partial charge is 0.251 e. The largest absolute Gasteiger partial charge is 0.497 e. The van der Waals surface area contributed by atoms with Gasteiger partial charge in [0.25, 0.3) is 5.91 Å². The number of hydrogen-bond acceptors (Lipinski definition) is 4. The minimum atomic E-state index is -0.196. The Morgan fingerprint density at radius 3 is 2.27 bits per heavy atom. The molecule has 2 amide bonds. The molecule has 1 N–H and O–H groups in total. The van der Waals surface area contributed by atoms with Crippen LogP contribution in [0.25, 0.3) is 0 Å². The fourth-order valence-corrected chi connectivity index (χ4v) is 3.46. The molecule has 0 fully saturated rings. The highest BCUT2D eigenvalue weighted by atomic mass is 32.2. The zero-order valence-electron chi connectivity index (χ0n) is 15.5. The average molecular weight is 372 g/mol. The van der Waals surface area contributed by atoms with E-state index in [1.165, 1.54) is 11.8 Å². The quantitative estimate of drug-likeness (QED) is 0.759. The van der Waals surface area contributed by atoms with Crippen LogP contribution in [-0.2, 0) is 11.3 Å². The van der Waals surface area contributed by atoms with E-state index in [0.717, 1.165) is 16.2 Å². The van der Waals surface area contributed by atoms with Crippen LogP contribution in [0, 0.1) is 0 Å². The average Bonchev–Trinajstić information content (AvgIpc) is 2.67. The lowest BCUT2D eigenvalue weighted by Gasteiger charge is -2.21. The van der Waals surface area contributed by atoms with E-state index in [9.17, 15) is 9.59 Å². The van der Waals surface area contributed by atoms with Crippen molar-refractivity contribution >= 4 is 23.6 Å². The number of methoxy groups -OCH3 is 1. The highest BCUT2D eigenvalue weighted by Crippen LogP contribution is 2.26. The van der Waals surface area contributed by atoms with Crippen molar-refractivity contribution in [3.63, 3.8) is 0 Å². The van der Waals surface area contributed by atoms with Gasteiger partial charge in [-0.3, -0.25) is 9.59 Å². The normalized spacial score (nSPS) is 11.5. The van der Waals surface area contributed by atoms with Crippen molar-refractivity contribution in [2.24, 2.45) is 0 Å². The lowest BCUT2D eigenvalue weighted by Crippen LogP contribution is -2.32. The van der Waals surface area contributed by atoms with Crippen molar-refractivity contribution in [1.82, 2.24) is 10.2 Å². The number of nitrogens with one attached hydrogen (secondary N) is 1. The highest BCUT2D eigenvalue weighted by Gasteiger charge is 2.19. The first-order valence-corrected chi connectivity index (χ1v) is 9.19. The number of nitrogens with zero attached hydrogens (tertiary/aromatic N) is 1. The van der Waals surface area contributed by atoms with Gasteiger partial charge >= 0.3 is 0 Å². The second-order valence-electron chi connectivity index (χ2n) is 5.91. The Hall–Kier alpha value is -2.47. The summed E-state index contributed by atoms with van der Waals surface area (Å²) in [6.45, 7) is 2.41. The third kappa shape index (κ3) is 5.26. The molecule has 0 aliphatic rings. The van der Waals surface area contributed by atoms with Crippen LogP contribution < -0.4 is 10.1 Å². The molecule has 0 spiro atoms.